The summed E-state index contributed by atoms with van der Waals surface area (Å²) in [5, 5.41) is 0. The summed E-state index contributed by atoms with van der Waals surface area (Å²) in [6.45, 7) is 0. The van der Waals surface area contributed by atoms with E-state index in [0.29, 0.717) is 5.82 Å². The number of hydrogen-bond donors (Lipinski definition) is 0. The molecule has 0 saturated heterocycles. The quantitative estimate of drug-likeness (QED) is 0.676. The van der Waals surface area contributed by atoms with Gasteiger partial charge in [-0.3, -0.25) is 14.3 Å². The van der Waals surface area contributed by atoms with Crippen molar-refractivity contribution < 1.29 is 0 Å². The molecule has 13 heavy (non-hydrogen) atoms. The fourth-order valence-corrected chi connectivity index (χ4v) is 1.59. The molecule has 66 valence electrons. The molecule has 0 spiro atoms. The number of aromatic nitrogens is 3. The van der Waals surface area contributed by atoms with Crippen LogP contribution in [0.2, 0.25) is 0 Å². The minimum Gasteiger partial charge on any atom is -0.284 e. The molecule has 0 aliphatic carbocycles. The van der Waals surface area contributed by atoms with Gasteiger partial charge in [-0.05, 0) is 12.1 Å². The molecule has 0 aromatic carbocycles. The summed E-state index contributed by atoms with van der Waals surface area (Å²) >= 11 is 0.943. The Morgan fingerprint density at radius 1 is 1.46 bits per heavy atom. The van der Waals surface area contributed by atoms with Crippen molar-refractivity contribution in [3.8, 4) is 11.5 Å². The van der Waals surface area contributed by atoms with E-state index in [2.05, 4.69) is 9.36 Å². The van der Waals surface area contributed by atoms with E-state index in [0.717, 1.165) is 17.2 Å². The van der Waals surface area contributed by atoms with E-state index in [9.17, 15) is 4.79 Å². The summed E-state index contributed by atoms with van der Waals surface area (Å²) in [6, 6.07) is 5.52. The first kappa shape index (κ1) is 8.12. The van der Waals surface area contributed by atoms with Crippen LogP contribution in [-0.4, -0.2) is 13.9 Å². The standard InChI is InChI=1S/C8H7N3OS/c1-11-7(10-13-8(11)12)6-4-2-3-5-9-6/h2-5H,1H3. The van der Waals surface area contributed by atoms with Crippen molar-refractivity contribution in [2.75, 3.05) is 0 Å². The molecular weight excluding hydrogens is 186 g/mol. The lowest BCUT2D eigenvalue weighted by Gasteiger charge is -1.96. The van der Waals surface area contributed by atoms with Crippen LogP contribution in [0.4, 0.5) is 0 Å². The van der Waals surface area contributed by atoms with E-state index in [1.54, 1.807) is 13.2 Å². The molecule has 2 rings (SSSR count). The van der Waals surface area contributed by atoms with Gasteiger partial charge in [-0.2, -0.15) is 4.37 Å². The van der Waals surface area contributed by atoms with Gasteiger partial charge in [0.1, 0.15) is 5.69 Å². The van der Waals surface area contributed by atoms with Gasteiger partial charge in [-0.15, -0.1) is 0 Å². The summed E-state index contributed by atoms with van der Waals surface area (Å²) in [7, 11) is 1.69. The van der Waals surface area contributed by atoms with E-state index >= 15 is 0 Å². The fourth-order valence-electron chi connectivity index (χ4n) is 1.00. The lowest BCUT2D eigenvalue weighted by Crippen LogP contribution is -2.08. The summed E-state index contributed by atoms with van der Waals surface area (Å²) in [5.74, 6) is 0.621. The molecule has 2 aromatic heterocycles. The third-order valence-electron chi connectivity index (χ3n) is 1.70. The third kappa shape index (κ3) is 1.38. The predicted molar refractivity (Wildman–Crippen MR) is 50.6 cm³/mol. The maximum atomic E-state index is 11.1. The topological polar surface area (TPSA) is 47.8 Å². The van der Waals surface area contributed by atoms with Crippen molar-refractivity contribution in [1.29, 1.82) is 0 Å². The first-order valence-corrected chi connectivity index (χ1v) is 4.50. The molecule has 0 bridgehead atoms. The second-order valence-corrected chi connectivity index (χ2v) is 3.26. The van der Waals surface area contributed by atoms with Gasteiger partial charge in [0, 0.05) is 24.8 Å². The molecule has 0 amide bonds. The van der Waals surface area contributed by atoms with Gasteiger partial charge in [0.15, 0.2) is 5.82 Å². The molecule has 0 saturated carbocycles. The highest BCUT2D eigenvalue weighted by atomic mass is 32.1. The van der Waals surface area contributed by atoms with Crippen molar-refractivity contribution in [2.24, 2.45) is 7.05 Å². The minimum absolute atomic E-state index is 0.0688. The summed E-state index contributed by atoms with van der Waals surface area (Å²) in [5.41, 5.74) is 0.725. The highest BCUT2D eigenvalue weighted by Gasteiger charge is 2.07. The van der Waals surface area contributed by atoms with Crippen LogP contribution in [-0.2, 0) is 7.05 Å². The average molecular weight is 193 g/mol. The Balaban J connectivity index is 2.60. The van der Waals surface area contributed by atoms with E-state index in [1.165, 1.54) is 4.57 Å². The maximum absolute atomic E-state index is 11.1. The first-order chi connectivity index (χ1) is 6.29. The third-order valence-corrected chi connectivity index (χ3v) is 2.39. The molecule has 5 heteroatoms. The van der Waals surface area contributed by atoms with Crippen molar-refractivity contribution >= 4 is 11.5 Å². The average Bonchev–Trinajstić information content (AvgIpc) is 2.49. The molecule has 2 aromatic rings. The number of hydrogen-bond acceptors (Lipinski definition) is 4. The van der Waals surface area contributed by atoms with Crippen molar-refractivity contribution in [3.05, 3.63) is 34.1 Å². The summed E-state index contributed by atoms with van der Waals surface area (Å²) in [4.78, 5) is 15.1. The van der Waals surface area contributed by atoms with Crippen LogP contribution < -0.4 is 4.87 Å². The number of rotatable bonds is 1. The van der Waals surface area contributed by atoms with Crippen LogP contribution in [0, 0.1) is 0 Å². The van der Waals surface area contributed by atoms with Crippen molar-refractivity contribution in [1.82, 2.24) is 13.9 Å². The number of nitrogens with zero attached hydrogens (tertiary/aromatic N) is 3. The maximum Gasteiger partial charge on any atom is 0.326 e. The molecule has 0 unspecified atom stereocenters. The smallest absolute Gasteiger partial charge is 0.284 e. The van der Waals surface area contributed by atoms with Gasteiger partial charge >= 0.3 is 4.87 Å². The summed E-state index contributed by atoms with van der Waals surface area (Å²) in [6.07, 6.45) is 1.68. The second kappa shape index (κ2) is 3.10. The normalized spacial score (nSPS) is 10.2. The zero-order chi connectivity index (χ0) is 9.26. The van der Waals surface area contributed by atoms with Crippen LogP contribution in [0.15, 0.2) is 29.2 Å². The molecule has 0 N–H and O–H groups in total. The molecular formula is C8H7N3OS. The molecule has 0 atom stereocenters. The molecule has 0 fully saturated rings. The Hall–Kier alpha value is -1.49. The first-order valence-electron chi connectivity index (χ1n) is 3.73. The van der Waals surface area contributed by atoms with Crippen LogP contribution in [0.25, 0.3) is 11.5 Å². The Morgan fingerprint density at radius 2 is 2.31 bits per heavy atom. The van der Waals surface area contributed by atoms with Gasteiger partial charge in [0.25, 0.3) is 0 Å². The van der Waals surface area contributed by atoms with Crippen LogP contribution >= 0.6 is 11.5 Å². The monoisotopic (exact) mass is 193 g/mol. The van der Waals surface area contributed by atoms with Gasteiger partial charge in [0.2, 0.25) is 0 Å². The Labute approximate surface area is 78.7 Å². The van der Waals surface area contributed by atoms with Gasteiger partial charge in [-0.1, -0.05) is 6.07 Å². The lowest BCUT2D eigenvalue weighted by atomic mass is 10.3. The zero-order valence-electron chi connectivity index (χ0n) is 6.97. The minimum atomic E-state index is -0.0688. The van der Waals surface area contributed by atoms with E-state index in [1.807, 2.05) is 18.2 Å². The van der Waals surface area contributed by atoms with Crippen LogP contribution in [0.1, 0.15) is 0 Å². The zero-order valence-corrected chi connectivity index (χ0v) is 7.78. The molecule has 0 aliphatic heterocycles. The van der Waals surface area contributed by atoms with E-state index in [4.69, 9.17) is 0 Å². The highest BCUT2D eigenvalue weighted by Crippen LogP contribution is 2.11. The van der Waals surface area contributed by atoms with Gasteiger partial charge in [0.05, 0.1) is 0 Å². The van der Waals surface area contributed by atoms with E-state index in [-0.39, 0.29) is 4.87 Å². The Bertz CT molecular complexity index is 460. The second-order valence-electron chi connectivity index (χ2n) is 2.55. The Kier molecular flexibility index (Phi) is 1.94. The molecule has 0 radical (unpaired) electrons. The van der Waals surface area contributed by atoms with Crippen molar-refractivity contribution in [2.45, 2.75) is 0 Å². The van der Waals surface area contributed by atoms with Gasteiger partial charge in [-0.25, -0.2) is 0 Å². The van der Waals surface area contributed by atoms with Crippen molar-refractivity contribution in [3.63, 3.8) is 0 Å². The Morgan fingerprint density at radius 3 is 2.85 bits per heavy atom. The summed E-state index contributed by atoms with van der Waals surface area (Å²) < 4.78 is 5.51. The predicted octanol–water partition coefficient (Wildman–Crippen LogP) is 0.904. The molecule has 2 heterocycles. The van der Waals surface area contributed by atoms with Crippen LogP contribution in [0.3, 0.4) is 0 Å². The highest BCUT2D eigenvalue weighted by molar-refractivity contribution is 7.03. The van der Waals surface area contributed by atoms with Crippen LogP contribution in [0.5, 0.6) is 0 Å². The van der Waals surface area contributed by atoms with E-state index < -0.39 is 0 Å². The largest absolute Gasteiger partial charge is 0.326 e. The molecule has 0 aliphatic rings. The van der Waals surface area contributed by atoms with Gasteiger partial charge < -0.3 is 0 Å². The number of pyridine rings is 1. The fraction of sp³-hybridized carbons (Fsp3) is 0.125. The lowest BCUT2D eigenvalue weighted by molar-refractivity contribution is 0.886. The molecule has 4 nitrogen and oxygen atoms in total. The SMILES string of the molecule is Cn1c(-c2ccccn2)nsc1=O.